The van der Waals surface area contributed by atoms with E-state index in [1.807, 2.05) is 6.20 Å². The highest BCUT2D eigenvalue weighted by Gasteiger charge is 2.28. The van der Waals surface area contributed by atoms with Crippen LogP contribution in [0.15, 0.2) is 29.4 Å². The van der Waals surface area contributed by atoms with Gasteiger partial charge in [-0.15, -0.1) is 0 Å². The lowest BCUT2D eigenvalue weighted by atomic mass is 10.1. The third-order valence-electron chi connectivity index (χ3n) is 4.10. The molecule has 0 aliphatic rings. The standard InChI is InChI=1S/C18H25F4N5/c1-23-17(24-7-3-9-27(2)12-18(20,21)22)25-8-6-13-11-26-16-10-14(19)4-5-15(13)16/h4-5,10-11,26H,3,6-9,12H2,1-2H3,(H2,23,24,25). The lowest BCUT2D eigenvalue weighted by molar-refractivity contribution is -0.143. The number of rotatable bonds is 8. The van der Waals surface area contributed by atoms with Crippen molar-refractivity contribution in [2.24, 2.45) is 4.99 Å². The maximum Gasteiger partial charge on any atom is 0.401 e. The molecule has 2 aromatic rings. The Kier molecular flexibility index (Phi) is 7.46. The number of aromatic amines is 1. The van der Waals surface area contributed by atoms with Crippen LogP contribution in [-0.4, -0.2) is 62.3 Å². The zero-order valence-corrected chi connectivity index (χ0v) is 15.5. The number of halogens is 4. The Hall–Kier alpha value is -2.29. The van der Waals surface area contributed by atoms with E-state index in [2.05, 4.69) is 20.6 Å². The number of nitrogens with one attached hydrogen (secondary N) is 3. The van der Waals surface area contributed by atoms with Crippen molar-refractivity contribution in [1.29, 1.82) is 0 Å². The Labute approximate surface area is 155 Å². The van der Waals surface area contributed by atoms with Gasteiger partial charge < -0.3 is 15.6 Å². The van der Waals surface area contributed by atoms with Crippen LogP contribution in [0.5, 0.6) is 0 Å². The summed E-state index contributed by atoms with van der Waals surface area (Å²) in [6, 6.07) is 4.65. The summed E-state index contributed by atoms with van der Waals surface area (Å²) < 4.78 is 50.0. The zero-order valence-electron chi connectivity index (χ0n) is 15.5. The molecule has 3 N–H and O–H groups in total. The first-order valence-corrected chi connectivity index (χ1v) is 8.74. The van der Waals surface area contributed by atoms with Crippen molar-refractivity contribution in [1.82, 2.24) is 20.5 Å². The van der Waals surface area contributed by atoms with E-state index in [0.717, 1.165) is 22.9 Å². The molecule has 2 rings (SSSR count). The zero-order chi connectivity index (χ0) is 19.9. The second kappa shape index (κ2) is 9.59. The molecule has 0 aliphatic carbocycles. The van der Waals surface area contributed by atoms with Gasteiger partial charge in [-0.25, -0.2) is 4.39 Å². The van der Waals surface area contributed by atoms with Gasteiger partial charge in [0.2, 0.25) is 0 Å². The van der Waals surface area contributed by atoms with Gasteiger partial charge in [0, 0.05) is 37.2 Å². The molecule has 0 fully saturated rings. The monoisotopic (exact) mass is 387 g/mol. The predicted molar refractivity (Wildman–Crippen MR) is 99.5 cm³/mol. The molecular formula is C18H25F4N5. The molecule has 0 aliphatic heterocycles. The van der Waals surface area contributed by atoms with Crippen molar-refractivity contribution in [3.05, 3.63) is 35.8 Å². The molecule has 0 bridgehead atoms. The molecule has 0 spiro atoms. The van der Waals surface area contributed by atoms with Crippen LogP contribution < -0.4 is 10.6 Å². The van der Waals surface area contributed by atoms with E-state index >= 15 is 0 Å². The van der Waals surface area contributed by atoms with Crippen LogP contribution in [0.1, 0.15) is 12.0 Å². The van der Waals surface area contributed by atoms with E-state index in [1.165, 1.54) is 24.1 Å². The van der Waals surface area contributed by atoms with Gasteiger partial charge in [-0.2, -0.15) is 13.2 Å². The smallest absolute Gasteiger partial charge is 0.361 e. The molecule has 150 valence electrons. The van der Waals surface area contributed by atoms with Gasteiger partial charge in [0.05, 0.1) is 6.54 Å². The molecule has 27 heavy (non-hydrogen) atoms. The van der Waals surface area contributed by atoms with Crippen LogP contribution >= 0.6 is 0 Å². The molecule has 0 unspecified atom stereocenters. The van der Waals surface area contributed by atoms with E-state index in [4.69, 9.17) is 0 Å². The van der Waals surface area contributed by atoms with Gasteiger partial charge >= 0.3 is 6.18 Å². The molecular weight excluding hydrogens is 362 g/mol. The first-order valence-electron chi connectivity index (χ1n) is 8.74. The summed E-state index contributed by atoms with van der Waals surface area (Å²) in [6.45, 7) is 0.579. The van der Waals surface area contributed by atoms with Gasteiger partial charge in [0.15, 0.2) is 5.96 Å². The number of hydrogen-bond acceptors (Lipinski definition) is 2. The molecule has 5 nitrogen and oxygen atoms in total. The van der Waals surface area contributed by atoms with E-state index in [-0.39, 0.29) is 5.82 Å². The fourth-order valence-corrected chi connectivity index (χ4v) is 2.84. The molecule has 0 radical (unpaired) electrons. The largest absolute Gasteiger partial charge is 0.401 e. The number of aliphatic imine (C=N–C) groups is 1. The van der Waals surface area contributed by atoms with Gasteiger partial charge in [-0.1, -0.05) is 0 Å². The highest BCUT2D eigenvalue weighted by Crippen LogP contribution is 2.19. The number of nitrogens with zero attached hydrogens (tertiary/aromatic N) is 2. The van der Waals surface area contributed by atoms with Crippen LogP contribution in [0.2, 0.25) is 0 Å². The van der Waals surface area contributed by atoms with E-state index in [1.54, 1.807) is 13.1 Å². The highest BCUT2D eigenvalue weighted by atomic mass is 19.4. The van der Waals surface area contributed by atoms with Crippen LogP contribution in [0, 0.1) is 5.82 Å². The van der Waals surface area contributed by atoms with Crippen molar-refractivity contribution >= 4 is 16.9 Å². The number of fused-ring (bicyclic) bond motifs is 1. The van der Waals surface area contributed by atoms with Gasteiger partial charge in [-0.05, 0) is 50.2 Å². The molecule has 1 aromatic carbocycles. The third kappa shape index (κ3) is 7.09. The molecule has 0 saturated carbocycles. The van der Waals surface area contributed by atoms with Crippen LogP contribution in [-0.2, 0) is 6.42 Å². The summed E-state index contributed by atoms with van der Waals surface area (Å²) in [5.74, 6) is 0.318. The summed E-state index contributed by atoms with van der Waals surface area (Å²) >= 11 is 0. The van der Waals surface area contributed by atoms with Crippen LogP contribution in [0.3, 0.4) is 0 Å². The predicted octanol–water partition coefficient (Wildman–Crippen LogP) is 2.90. The molecule has 1 aromatic heterocycles. The van der Waals surface area contributed by atoms with E-state index in [9.17, 15) is 17.6 Å². The Balaban J connectivity index is 1.69. The number of H-pyrrole nitrogens is 1. The average Bonchev–Trinajstić information content (AvgIpc) is 2.97. The van der Waals surface area contributed by atoms with Gasteiger partial charge in [0.25, 0.3) is 0 Å². The quantitative estimate of drug-likeness (QED) is 0.283. The SMILES string of the molecule is CN=C(NCCCN(C)CC(F)(F)F)NCCc1c[nH]c2cc(F)ccc12. The third-order valence-corrected chi connectivity index (χ3v) is 4.10. The van der Waals surface area contributed by atoms with Crippen molar-refractivity contribution in [2.45, 2.75) is 19.0 Å². The summed E-state index contributed by atoms with van der Waals surface area (Å²) in [6.07, 6.45) is -1.02. The minimum Gasteiger partial charge on any atom is -0.361 e. The fraction of sp³-hybridized carbons (Fsp3) is 0.500. The average molecular weight is 387 g/mol. The topological polar surface area (TPSA) is 55.5 Å². The summed E-state index contributed by atoms with van der Waals surface area (Å²) in [5.41, 5.74) is 1.83. The van der Waals surface area contributed by atoms with Gasteiger partial charge in [-0.3, -0.25) is 9.89 Å². The Bertz CT molecular complexity index is 754. The first kappa shape index (κ1) is 21.0. The molecule has 9 heteroatoms. The maximum absolute atomic E-state index is 13.2. The lowest BCUT2D eigenvalue weighted by Gasteiger charge is -2.18. The lowest BCUT2D eigenvalue weighted by Crippen LogP contribution is -2.40. The molecule has 1 heterocycles. The minimum absolute atomic E-state index is 0.278. The van der Waals surface area contributed by atoms with E-state index < -0.39 is 12.7 Å². The summed E-state index contributed by atoms with van der Waals surface area (Å²) in [4.78, 5) is 8.40. The molecule has 0 atom stereocenters. The Morgan fingerprint density at radius 3 is 2.67 bits per heavy atom. The molecule has 0 amide bonds. The first-order chi connectivity index (χ1) is 12.8. The number of benzene rings is 1. The second-order valence-electron chi connectivity index (χ2n) is 6.39. The van der Waals surface area contributed by atoms with Crippen LogP contribution in [0.4, 0.5) is 17.6 Å². The van der Waals surface area contributed by atoms with Crippen molar-refractivity contribution < 1.29 is 17.6 Å². The van der Waals surface area contributed by atoms with Gasteiger partial charge in [0.1, 0.15) is 5.82 Å². The van der Waals surface area contributed by atoms with Crippen molar-refractivity contribution in [2.75, 3.05) is 40.3 Å². The molecule has 0 saturated heterocycles. The van der Waals surface area contributed by atoms with Crippen molar-refractivity contribution in [3.63, 3.8) is 0 Å². The van der Waals surface area contributed by atoms with E-state index in [0.29, 0.717) is 32.0 Å². The number of alkyl halides is 3. The fourth-order valence-electron chi connectivity index (χ4n) is 2.84. The number of aromatic nitrogens is 1. The van der Waals surface area contributed by atoms with Crippen LogP contribution in [0.25, 0.3) is 10.9 Å². The summed E-state index contributed by atoms with van der Waals surface area (Å²) in [7, 11) is 3.09. The maximum atomic E-state index is 13.2. The highest BCUT2D eigenvalue weighted by molar-refractivity contribution is 5.83. The number of guanidine groups is 1. The van der Waals surface area contributed by atoms with Crippen molar-refractivity contribution in [3.8, 4) is 0 Å². The summed E-state index contributed by atoms with van der Waals surface area (Å²) in [5, 5.41) is 7.23. The number of hydrogen-bond donors (Lipinski definition) is 3. The minimum atomic E-state index is -4.17. The normalized spacial score (nSPS) is 12.8. The Morgan fingerprint density at radius 1 is 1.22 bits per heavy atom. The second-order valence-corrected chi connectivity index (χ2v) is 6.39. The Morgan fingerprint density at radius 2 is 1.96 bits per heavy atom.